The van der Waals surface area contributed by atoms with Gasteiger partial charge in [0.1, 0.15) is 11.6 Å². The lowest BCUT2D eigenvalue weighted by molar-refractivity contribution is 0.299. The molecule has 1 saturated carbocycles. The van der Waals surface area contributed by atoms with Crippen molar-refractivity contribution < 1.29 is 9.13 Å². The zero-order chi connectivity index (χ0) is 10.7. The zero-order valence-corrected chi connectivity index (χ0v) is 9.27. The van der Waals surface area contributed by atoms with Gasteiger partial charge in [-0.15, -0.1) is 0 Å². The minimum atomic E-state index is -0.227. The second kappa shape index (κ2) is 4.86. The lowest BCUT2D eigenvalue weighted by Gasteiger charge is -2.08. The number of thiol groups is 1. The second-order valence-corrected chi connectivity index (χ2v) is 4.16. The Labute approximate surface area is 94.4 Å². The van der Waals surface area contributed by atoms with Crippen molar-refractivity contribution in [2.75, 3.05) is 6.61 Å². The largest absolute Gasteiger partial charge is 0.493 e. The van der Waals surface area contributed by atoms with Crippen LogP contribution < -0.4 is 9.46 Å². The second-order valence-electron chi connectivity index (χ2n) is 3.84. The maximum absolute atomic E-state index is 13.2. The Balaban J connectivity index is 1.99. The van der Waals surface area contributed by atoms with Crippen molar-refractivity contribution in [3.63, 3.8) is 0 Å². The Morgan fingerprint density at radius 3 is 2.93 bits per heavy atom. The average Bonchev–Trinajstić information content (AvgIpc) is 3.03. The summed E-state index contributed by atoms with van der Waals surface area (Å²) < 4.78 is 21.4. The third-order valence-electron chi connectivity index (χ3n) is 2.47. The van der Waals surface area contributed by atoms with Crippen LogP contribution in [0.15, 0.2) is 18.2 Å². The molecule has 1 N–H and O–H groups in total. The highest BCUT2D eigenvalue weighted by Crippen LogP contribution is 2.29. The summed E-state index contributed by atoms with van der Waals surface area (Å²) in [5.41, 5.74) is 0.582. The topological polar surface area (TPSA) is 21.3 Å². The van der Waals surface area contributed by atoms with Crippen molar-refractivity contribution in [1.29, 1.82) is 0 Å². The first-order chi connectivity index (χ1) is 7.29. The Bertz CT molecular complexity index is 341. The van der Waals surface area contributed by atoms with Crippen LogP contribution in [0, 0.1) is 11.7 Å². The molecule has 0 saturated heterocycles. The molecule has 2 nitrogen and oxygen atoms in total. The van der Waals surface area contributed by atoms with Crippen molar-refractivity contribution in [2.24, 2.45) is 5.92 Å². The molecule has 0 unspecified atom stereocenters. The fourth-order valence-corrected chi connectivity index (χ4v) is 1.53. The number of hydrogen-bond acceptors (Lipinski definition) is 3. The van der Waals surface area contributed by atoms with Crippen LogP contribution in [0.25, 0.3) is 0 Å². The number of hydrogen-bond donors (Lipinski definition) is 2. The van der Waals surface area contributed by atoms with Crippen LogP contribution in [-0.2, 0) is 6.54 Å². The van der Waals surface area contributed by atoms with Crippen molar-refractivity contribution in [2.45, 2.75) is 19.4 Å². The summed E-state index contributed by atoms with van der Waals surface area (Å²) in [5, 5.41) is 0. The summed E-state index contributed by atoms with van der Waals surface area (Å²) in [6, 6.07) is 4.82. The molecule has 0 radical (unpaired) electrons. The minimum Gasteiger partial charge on any atom is -0.493 e. The first-order valence-corrected chi connectivity index (χ1v) is 5.52. The summed E-state index contributed by atoms with van der Waals surface area (Å²) in [6.45, 7) is 1.15. The molecule has 4 heteroatoms. The average molecular weight is 227 g/mol. The fraction of sp³-hybridized carbons (Fsp3) is 0.455. The van der Waals surface area contributed by atoms with Crippen molar-refractivity contribution in [3.8, 4) is 5.75 Å². The van der Waals surface area contributed by atoms with E-state index in [1.54, 1.807) is 12.1 Å². The van der Waals surface area contributed by atoms with Crippen LogP contribution in [0.2, 0.25) is 0 Å². The highest BCUT2D eigenvalue weighted by molar-refractivity contribution is 7.78. The molecule has 15 heavy (non-hydrogen) atoms. The van der Waals surface area contributed by atoms with E-state index < -0.39 is 0 Å². The summed E-state index contributed by atoms with van der Waals surface area (Å²) in [4.78, 5) is 0. The van der Waals surface area contributed by atoms with E-state index in [0.29, 0.717) is 18.0 Å². The fourth-order valence-electron chi connectivity index (χ4n) is 1.36. The van der Waals surface area contributed by atoms with Crippen LogP contribution in [0.3, 0.4) is 0 Å². The normalized spacial score (nSPS) is 15.3. The Kier molecular flexibility index (Phi) is 3.49. The van der Waals surface area contributed by atoms with Crippen molar-refractivity contribution in [1.82, 2.24) is 4.72 Å². The Morgan fingerprint density at radius 1 is 1.47 bits per heavy atom. The number of ether oxygens (including phenoxy) is 1. The molecule has 2 rings (SSSR count). The smallest absolute Gasteiger partial charge is 0.127 e. The third-order valence-corrected chi connectivity index (χ3v) is 2.63. The Morgan fingerprint density at radius 2 is 2.27 bits per heavy atom. The van der Waals surface area contributed by atoms with Gasteiger partial charge in [-0.1, -0.05) is 12.8 Å². The molecular weight excluding hydrogens is 213 g/mol. The monoisotopic (exact) mass is 227 g/mol. The molecule has 1 aliphatic carbocycles. The maximum Gasteiger partial charge on any atom is 0.127 e. The van der Waals surface area contributed by atoms with Crippen molar-refractivity contribution in [3.05, 3.63) is 29.6 Å². The van der Waals surface area contributed by atoms with Crippen LogP contribution >= 0.6 is 12.8 Å². The number of rotatable bonds is 5. The summed E-state index contributed by atoms with van der Waals surface area (Å²) in [5.74, 6) is 1.22. The molecule has 0 bridgehead atoms. The number of halogens is 1. The molecule has 0 aromatic heterocycles. The van der Waals surface area contributed by atoms with E-state index in [2.05, 4.69) is 17.5 Å². The minimum absolute atomic E-state index is 0.227. The van der Waals surface area contributed by atoms with Gasteiger partial charge >= 0.3 is 0 Å². The number of benzene rings is 1. The van der Waals surface area contributed by atoms with E-state index >= 15 is 0 Å². The molecule has 1 aromatic carbocycles. The van der Waals surface area contributed by atoms with Gasteiger partial charge in [0, 0.05) is 12.1 Å². The van der Waals surface area contributed by atoms with E-state index in [4.69, 9.17) is 4.74 Å². The maximum atomic E-state index is 13.2. The lowest BCUT2D eigenvalue weighted by atomic mass is 10.2. The molecule has 0 spiro atoms. The lowest BCUT2D eigenvalue weighted by Crippen LogP contribution is -2.04. The molecule has 82 valence electrons. The van der Waals surface area contributed by atoms with Crippen molar-refractivity contribution >= 4 is 12.8 Å². The van der Waals surface area contributed by atoms with Gasteiger partial charge in [0.05, 0.1) is 6.61 Å². The Hall–Kier alpha value is -0.740. The summed E-state index contributed by atoms with van der Waals surface area (Å²) in [7, 11) is 0. The molecule has 0 heterocycles. The molecule has 1 aromatic rings. The van der Waals surface area contributed by atoms with Gasteiger partial charge in [-0.25, -0.2) is 4.39 Å². The van der Waals surface area contributed by atoms with Gasteiger partial charge in [-0.05, 0) is 37.0 Å². The van der Waals surface area contributed by atoms with Gasteiger partial charge in [0.2, 0.25) is 0 Å². The highest BCUT2D eigenvalue weighted by atomic mass is 32.1. The van der Waals surface area contributed by atoms with Gasteiger partial charge < -0.3 is 4.74 Å². The molecule has 1 aliphatic rings. The van der Waals surface area contributed by atoms with Gasteiger partial charge in [-0.3, -0.25) is 4.72 Å². The first-order valence-electron chi connectivity index (χ1n) is 5.08. The van der Waals surface area contributed by atoms with Crippen LogP contribution in [0.5, 0.6) is 5.75 Å². The highest BCUT2D eigenvalue weighted by Gasteiger charge is 2.21. The zero-order valence-electron chi connectivity index (χ0n) is 8.37. The van der Waals surface area contributed by atoms with Crippen LogP contribution in [0.4, 0.5) is 4.39 Å². The van der Waals surface area contributed by atoms with E-state index in [0.717, 1.165) is 12.4 Å². The van der Waals surface area contributed by atoms with E-state index in [1.807, 2.05) is 0 Å². The molecule has 0 atom stereocenters. The van der Waals surface area contributed by atoms with Crippen LogP contribution in [-0.4, -0.2) is 6.61 Å². The molecule has 0 aliphatic heterocycles. The third kappa shape index (κ3) is 3.11. The van der Waals surface area contributed by atoms with E-state index in [1.165, 1.54) is 18.9 Å². The van der Waals surface area contributed by atoms with Gasteiger partial charge in [0.15, 0.2) is 0 Å². The molecule has 0 amide bonds. The van der Waals surface area contributed by atoms with Gasteiger partial charge in [0.25, 0.3) is 0 Å². The molecular formula is C11H14FNOS. The summed E-state index contributed by atoms with van der Waals surface area (Å²) in [6.07, 6.45) is 2.51. The predicted molar refractivity (Wildman–Crippen MR) is 60.4 cm³/mol. The quantitative estimate of drug-likeness (QED) is 0.754. The first kappa shape index (κ1) is 10.8. The van der Waals surface area contributed by atoms with E-state index in [9.17, 15) is 4.39 Å². The number of nitrogens with one attached hydrogen (secondary N) is 1. The van der Waals surface area contributed by atoms with Gasteiger partial charge in [-0.2, -0.15) is 0 Å². The predicted octanol–water partition coefficient (Wildman–Crippen LogP) is 2.55. The molecule has 1 fully saturated rings. The van der Waals surface area contributed by atoms with E-state index in [-0.39, 0.29) is 5.82 Å². The van der Waals surface area contributed by atoms with Crippen LogP contribution in [0.1, 0.15) is 18.4 Å². The standard InChI is InChI=1S/C11H14FNOS/c12-11-4-3-10(5-9(11)6-13-15)14-7-8-1-2-8/h3-5,8,13,15H,1-2,6-7H2. The SMILES string of the molecule is Fc1ccc(OCC2CC2)cc1CNS. The summed E-state index contributed by atoms with van der Waals surface area (Å²) >= 11 is 3.85.